The summed E-state index contributed by atoms with van der Waals surface area (Å²) in [6, 6.07) is 0.363. The Balaban J connectivity index is 2.14. The van der Waals surface area contributed by atoms with Gasteiger partial charge in [0.05, 0.1) is 0 Å². The van der Waals surface area contributed by atoms with Crippen LogP contribution in [0.2, 0.25) is 0 Å². The second kappa shape index (κ2) is 9.13. The predicted molar refractivity (Wildman–Crippen MR) is 104 cm³/mol. The molecule has 0 aromatic rings. The lowest BCUT2D eigenvalue weighted by Gasteiger charge is -2.38. The van der Waals surface area contributed by atoms with Crippen LogP contribution in [0.25, 0.3) is 0 Å². The van der Waals surface area contributed by atoms with Gasteiger partial charge in [-0.25, -0.2) is 0 Å². The molecule has 0 spiro atoms. The highest BCUT2D eigenvalue weighted by atomic mass is 32.2. The quantitative estimate of drug-likeness (QED) is 0.647. The van der Waals surface area contributed by atoms with E-state index in [-0.39, 0.29) is 0 Å². The minimum atomic E-state index is -3.39. The maximum Gasteiger partial charge on any atom is 0.282 e. The molecule has 6 nitrogen and oxygen atoms in total. The fourth-order valence-corrected chi connectivity index (χ4v) is 6.21. The number of likely N-dealkylation sites (tertiary alicyclic amines) is 1. The van der Waals surface area contributed by atoms with Gasteiger partial charge in [0.25, 0.3) is 10.2 Å². The second-order valence-electron chi connectivity index (χ2n) is 8.36. The summed E-state index contributed by atoms with van der Waals surface area (Å²) in [7, 11) is 0.616. The first-order chi connectivity index (χ1) is 11.7. The van der Waals surface area contributed by atoms with E-state index in [2.05, 4.69) is 30.6 Å². The summed E-state index contributed by atoms with van der Waals surface area (Å²) in [4.78, 5) is 4.50. The zero-order valence-corrected chi connectivity index (χ0v) is 17.6. The highest BCUT2D eigenvalue weighted by Crippen LogP contribution is 2.26. The predicted octanol–water partition coefficient (Wildman–Crippen LogP) is 1.56. The van der Waals surface area contributed by atoms with Gasteiger partial charge in [0.2, 0.25) is 0 Å². The molecule has 0 aromatic carbocycles. The van der Waals surface area contributed by atoms with Crippen LogP contribution in [0.4, 0.5) is 0 Å². The van der Waals surface area contributed by atoms with E-state index < -0.39 is 10.2 Å². The SMILES string of the molecule is CCN1CCCC1CN(CCN(C)C)S(=O)(=O)N1CC(C)CC(C)C1. The topological polar surface area (TPSA) is 47.1 Å². The van der Waals surface area contributed by atoms with Crippen molar-refractivity contribution in [1.29, 1.82) is 0 Å². The Morgan fingerprint density at radius 1 is 1.08 bits per heavy atom. The van der Waals surface area contributed by atoms with Crippen molar-refractivity contribution in [2.75, 3.05) is 59.9 Å². The standard InChI is InChI=1S/C18H38N4O2S/c1-6-20-9-7-8-18(20)15-21(11-10-19(4)5)25(23,24)22-13-16(2)12-17(3)14-22/h16-18H,6-15H2,1-5H3. The van der Waals surface area contributed by atoms with Gasteiger partial charge in [-0.2, -0.15) is 17.0 Å². The Kier molecular flexibility index (Phi) is 7.70. The van der Waals surface area contributed by atoms with E-state index in [0.717, 1.165) is 32.5 Å². The third-order valence-corrected chi connectivity index (χ3v) is 7.54. The van der Waals surface area contributed by atoms with Crippen LogP contribution >= 0.6 is 0 Å². The van der Waals surface area contributed by atoms with Crippen molar-refractivity contribution in [2.45, 2.75) is 46.1 Å². The summed E-state index contributed by atoms with van der Waals surface area (Å²) in [5.74, 6) is 0.876. The van der Waals surface area contributed by atoms with E-state index in [1.165, 1.54) is 6.42 Å². The van der Waals surface area contributed by atoms with Crippen LogP contribution in [-0.2, 0) is 10.2 Å². The molecule has 0 radical (unpaired) electrons. The molecule has 25 heavy (non-hydrogen) atoms. The maximum absolute atomic E-state index is 13.4. The van der Waals surface area contributed by atoms with Crippen LogP contribution < -0.4 is 0 Å². The minimum Gasteiger partial charge on any atom is -0.308 e. The molecule has 0 saturated carbocycles. The Labute approximate surface area is 155 Å². The van der Waals surface area contributed by atoms with Crippen molar-refractivity contribution in [2.24, 2.45) is 11.8 Å². The molecule has 3 atom stereocenters. The maximum atomic E-state index is 13.4. The lowest BCUT2D eigenvalue weighted by Crippen LogP contribution is -2.53. The van der Waals surface area contributed by atoms with E-state index >= 15 is 0 Å². The number of hydrogen-bond acceptors (Lipinski definition) is 4. The summed E-state index contributed by atoms with van der Waals surface area (Å²) in [6.07, 6.45) is 3.41. The van der Waals surface area contributed by atoms with Gasteiger partial charge < -0.3 is 4.90 Å². The molecule has 0 bridgehead atoms. The third-order valence-electron chi connectivity index (χ3n) is 5.60. The molecule has 148 valence electrons. The van der Waals surface area contributed by atoms with Crippen LogP contribution in [0, 0.1) is 11.8 Å². The molecule has 0 aromatic heterocycles. The van der Waals surface area contributed by atoms with Crippen molar-refractivity contribution in [3.8, 4) is 0 Å². The summed E-state index contributed by atoms with van der Waals surface area (Å²) in [5, 5.41) is 0. The molecular weight excluding hydrogens is 336 g/mol. The van der Waals surface area contributed by atoms with Gasteiger partial charge in [-0.05, 0) is 58.3 Å². The highest BCUT2D eigenvalue weighted by Gasteiger charge is 2.37. The van der Waals surface area contributed by atoms with Crippen molar-refractivity contribution in [1.82, 2.24) is 18.4 Å². The Morgan fingerprint density at radius 3 is 2.28 bits per heavy atom. The van der Waals surface area contributed by atoms with E-state index in [1.54, 1.807) is 8.61 Å². The van der Waals surface area contributed by atoms with Crippen LogP contribution in [0.1, 0.15) is 40.0 Å². The van der Waals surface area contributed by atoms with E-state index in [4.69, 9.17) is 0 Å². The average molecular weight is 375 g/mol. The third kappa shape index (κ3) is 5.63. The normalized spacial score (nSPS) is 29.8. The summed E-state index contributed by atoms with van der Waals surface area (Å²) >= 11 is 0. The lowest BCUT2D eigenvalue weighted by molar-refractivity contribution is 0.187. The minimum absolute atomic E-state index is 0.363. The number of rotatable bonds is 8. The van der Waals surface area contributed by atoms with Gasteiger partial charge in [-0.3, -0.25) is 4.90 Å². The van der Waals surface area contributed by atoms with Crippen molar-refractivity contribution in [3.63, 3.8) is 0 Å². The summed E-state index contributed by atoms with van der Waals surface area (Å²) in [5.41, 5.74) is 0. The molecule has 0 N–H and O–H groups in total. The van der Waals surface area contributed by atoms with Crippen molar-refractivity contribution in [3.05, 3.63) is 0 Å². The van der Waals surface area contributed by atoms with E-state index in [1.807, 2.05) is 14.1 Å². The van der Waals surface area contributed by atoms with Crippen molar-refractivity contribution >= 4 is 10.2 Å². The zero-order chi connectivity index (χ0) is 18.6. The van der Waals surface area contributed by atoms with E-state index in [9.17, 15) is 8.42 Å². The molecule has 3 unspecified atom stereocenters. The van der Waals surface area contributed by atoms with Gasteiger partial charge >= 0.3 is 0 Å². The Bertz CT molecular complexity index is 501. The Hall–Kier alpha value is -0.210. The van der Waals surface area contributed by atoms with Crippen LogP contribution in [-0.4, -0.2) is 92.8 Å². The highest BCUT2D eigenvalue weighted by molar-refractivity contribution is 7.86. The molecule has 0 amide bonds. The van der Waals surface area contributed by atoms with Gasteiger partial charge in [-0.1, -0.05) is 20.8 Å². The van der Waals surface area contributed by atoms with Gasteiger partial charge in [0, 0.05) is 38.8 Å². The summed E-state index contributed by atoms with van der Waals surface area (Å²) in [6.45, 7) is 11.9. The second-order valence-corrected chi connectivity index (χ2v) is 10.3. The van der Waals surface area contributed by atoms with Gasteiger partial charge in [0.15, 0.2) is 0 Å². The van der Waals surface area contributed by atoms with E-state index in [0.29, 0.717) is 44.1 Å². The molecule has 2 aliphatic heterocycles. The largest absolute Gasteiger partial charge is 0.308 e. The first-order valence-electron chi connectivity index (χ1n) is 9.88. The van der Waals surface area contributed by atoms with Crippen LogP contribution in [0.3, 0.4) is 0 Å². The first kappa shape index (κ1) is 21.1. The van der Waals surface area contributed by atoms with Crippen LogP contribution in [0.5, 0.6) is 0 Å². The molecular formula is C18H38N4O2S. The lowest BCUT2D eigenvalue weighted by atomic mass is 9.94. The van der Waals surface area contributed by atoms with Crippen LogP contribution in [0.15, 0.2) is 0 Å². The summed E-state index contributed by atoms with van der Waals surface area (Å²) < 4.78 is 30.3. The number of nitrogens with zero attached hydrogens (tertiary/aromatic N) is 4. The zero-order valence-electron chi connectivity index (χ0n) is 16.8. The number of piperidine rings is 1. The molecule has 7 heteroatoms. The number of hydrogen-bond donors (Lipinski definition) is 0. The molecule has 2 heterocycles. The molecule has 2 rings (SSSR count). The molecule has 2 fully saturated rings. The number of likely N-dealkylation sites (N-methyl/N-ethyl adjacent to an activating group) is 2. The Morgan fingerprint density at radius 2 is 1.72 bits per heavy atom. The molecule has 2 aliphatic rings. The molecule has 0 aliphatic carbocycles. The van der Waals surface area contributed by atoms with Gasteiger partial charge in [0.1, 0.15) is 0 Å². The monoisotopic (exact) mass is 374 g/mol. The first-order valence-corrected chi connectivity index (χ1v) is 11.3. The smallest absolute Gasteiger partial charge is 0.282 e. The van der Waals surface area contributed by atoms with Gasteiger partial charge in [-0.15, -0.1) is 0 Å². The fourth-order valence-electron chi connectivity index (χ4n) is 4.32. The fraction of sp³-hybridized carbons (Fsp3) is 1.00. The average Bonchev–Trinajstić information content (AvgIpc) is 2.97. The van der Waals surface area contributed by atoms with Crippen molar-refractivity contribution < 1.29 is 8.42 Å². The molecule has 2 saturated heterocycles.